The van der Waals surface area contributed by atoms with E-state index in [0.717, 1.165) is 25.2 Å². The van der Waals surface area contributed by atoms with E-state index in [-0.39, 0.29) is 0 Å². The van der Waals surface area contributed by atoms with Gasteiger partial charge in [0.2, 0.25) is 0 Å². The fourth-order valence-corrected chi connectivity index (χ4v) is 3.17. The Bertz CT molecular complexity index is 645. The van der Waals surface area contributed by atoms with E-state index in [1.807, 2.05) is 36.1 Å². The van der Waals surface area contributed by atoms with E-state index in [0.29, 0.717) is 5.92 Å². The molecule has 0 spiro atoms. The molecule has 4 nitrogen and oxygen atoms in total. The summed E-state index contributed by atoms with van der Waals surface area (Å²) in [4.78, 5) is 2.48. The Labute approximate surface area is 125 Å². The molecule has 2 heterocycles. The first-order chi connectivity index (χ1) is 10.3. The second kappa shape index (κ2) is 6.11. The maximum absolute atomic E-state index is 8.96. The second-order valence-electron chi connectivity index (χ2n) is 5.74. The summed E-state index contributed by atoms with van der Waals surface area (Å²) in [6.45, 7) is 3.15. The van der Waals surface area contributed by atoms with Gasteiger partial charge in [-0.15, -0.1) is 0 Å². The van der Waals surface area contributed by atoms with Gasteiger partial charge in [-0.2, -0.15) is 10.4 Å². The largest absolute Gasteiger partial charge is 0.299 e. The van der Waals surface area contributed by atoms with Crippen LogP contribution in [-0.4, -0.2) is 27.8 Å². The average Bonchev–Trinajstić information content (AvgIpc) is 2.94. The number of hydrogen-bond donors (Lipinski definition) is 0. The third-order valence-electron chi connectivity index (χ3n) is 4.33. The van der Waals surface area contributed by atoms with E-state index >= 15 is 0 Å². The summed E-state index contributed by atoms with van der Waals surface area (Å²) in [5.41, 5.74) is 3.33. The topological polar surface area (TPSA) is 44.9 Å². The molecule has 0 atom stereocenters. The Hall–Kier alpha value is -2.12. The monoisotopic (exact) mass is 280 g/mol. The predicted molar refractivity (Wildman–Crippen MR) is 81.6 cm³/mol. The van der Waals surface area contributed by atoms with Crippen LogP contribution in [0.1, 0.15) is 35.6 Å². The van der Waals surface area contributed by atoms with Gasteiger partial charge in [0.1, 0.15) is 0 Å². The highest BCUT2D eigenvalue weighted by atomic mass is 15.3. The third-order valence-corrected chi connectivity index (χ3v) is 4.33. The number of benzene rings is 1. The van der Waals surface area contributed by atoms with Crippen LogP contribution in [0, 0.1) is 11.3 Å². The van der Waals surface area contributed by atoms with Crippen LogP contribution in [0.5, 0.6) is 0 Å². The molecular formula is C17H20N4. The summed E-state index contributed by atoms with van der Waals surface area (Å²) in [7, 11) is 2.02. The van der Waals surface area contributed by atoms with Gasteiger partial charge < -0.3 is 0 Å². The van der Waals surface area contributed by atoms with E-state index < -0.39 is 0 Å². The molecule has 1 fully saturated rings. The standard InChI is InChI=1S/C17H20N4/c1-20-17(5-8-19-20)16-6-9-21(10-7-16)13-15-4-2-3-14(11-15)12-18/h2-5,8,11,16H,6-7,9-10,13H2,1H3. The van der Waals surface area contributed by atoms with Gasteiger partial charge in [-0.05, 0) is 49.7 Å². The first-order valence-electron chi connectivity index (χ1n) is 7.45. The Morgan fingerprint density at radius 3 is 2.76 bits per heavy atom. The maximum Gasteiger partial charge on any atom is 0.0991 e. The van der Waals surface area contributed by atoms with Gasteiger partial charge in [0, 0.05) is 31.4 Å². The zero-order valence-corrected chi connectivity index (χ0v) is 12.4. The molecule has 0 saturated carbocycles. The first kappa shape index (κ1) is 13.8. The summed E-state index contributed by atoms with van der Waals surface area (Å²) >= 11 is 0. The SMILES string of the molecule is Cn1nccc1C1CCN(Cc2cccc(C#N)c2)CC1. The number of likely N-dealkylation sites (tertiary alicyclic amines) is 1. The van der Waals surface area contributed by atoms with Crippen LogP contribution in [0.3, 0.4) is 0 Å². The van der Waals surface area contributed by atoms with Crippen molar-refractivity contribution in [3.05, 3.63) is 53.3 Å². The van der Waals surface area contributed by atoms with Gasteiger partial charge in [-0.3, -0.25) is 9.58 Å². The Kier molecular flexibility index (Phi) is 4.03. The minimum Gasteiger partial charge on any atom is -0.299 e. The highest BCUT2D eigenvalue weighted by Crippen LogP contribution is 2.28. The van der Waals surface area contributed by atoms with Crippen molar-refractivity contribution in [3.8, 4) is 6.07 Å². The highest BCUT2D eigenvalue weighted by molar-refractivity contribution is 5.32. The minimum absolute atomic E-state index is 0.624. The maximum atomic E-state index is 8.96. The van der Waals surface area contributed by atoms with Crippen LogP contribution in [0.15, 0.2) is 36.5 Å². The van der Waals surface area contributed by atoms with Crippen LogP contribution in [0.4, 0.5) is 0 Å². The molecule has 108 valence electrons. The van der Waals surface area contributed by atoms with E-state index in [9.17, 15) is 0 Å². The third kappa shape index (κ3) is 3.14. The molecule has 4 heteroatoms. The molecule has 0 N–H and O–H groups in total. The van der Waals surface area contributed by atoms with Crippen molar-refractivity contribution < 1.29 is 0 Å². The average molecular weight is 280 g/mol. The van der Waals surface area contributed by atoms with Gasteiger partial charge in [0.25, 0.3) is 0 Å². The normalized spacial score (nSPS) is 16.8. The van der Waals surface area contributed by atoms with Gasteiger partial charge >= 0.3 is 0 Å². The van der Waals surface area contributed by atoms with Crippen molar-refractivity contribution >= 4 is 0 Å². The number of rotatable bonds is 3. The van der Waals surface area contributed by atoms with Gasteiger partial charge in [0.05, 0.1) is 11.6 Å². The molecule has 0 amide bonds. The van der Waals surface area contributed by atoms with Crippen molar-refractivity contribution in [3.63, 3.8) is 0 Å². The zero-order chi connectivity index (χ0) is 14.7. The molecule has 0 unspecified atom stereocenters. The lowest BCUT2D eigenvalue weighted by Gasteiger charge is -2.32. The lowest BCUT2D eigenvalue weighted by molar-refractivity contribution is 0.201. The lowest BCUT2D eigenvalue weighted by atomic mass is 9.93. The summed E-state index contributed by atoms with van der Waals surface area (Å²) in [6.07, 6.45) is 4.24. The van der Waals surface area contributed by atoms with Crippen molar-refractivity contribution in [2.75, 3.05) is 13.1 Å². The van der Waals surface area contributed by atoms with Crippen LogP contribution in [-0.2, 0) is 13.6 Å². The molecule has 1 saturated heterocycles. The second-order valence-corrected chi connectivity index (χ2v) is 5.74. The fraction of sp³-hybridized carbons (Fsp3) is 0.412. The van der Waals surface area contributed by atoms with Gasteiger partial charge in [-0.25, -0.2) is 0 Å². The number of hydrogen-bond acceptors (Lipinski definition) is 3. The van der Waals surface area contributed by atoms with Crippen LogP contribution in [0.25, 0.3) is 0 Å². The zero-order valence-electron chi connectivity index (χ0n) is 12.4. The Balaban J connectivity index is 1.59. The van der Waals surface area contributed by atoms with E-state index in [1.54, 1.807) is 0 Å². The van der Waals surface area contributed by atoms with Gasteiger partial charge in [0.15, 0.2) is 0 Å². The number of piperidine rings is 1. The smallest absolute Gasteiger partial charge is 0.0991 e. The summed E-state index contributed by atoms with van der Waals surface area (Å²) in [5, 5.41) is 13.2. The summed E-state index contributed by atoms with van der Waals surface area (Å²) in [5.74, 6) is 0.624. The first-order valence-corrected chi connectivity index (χ1v) is 7.45. The number of aromatic nitrogens is 2. The molecule has 21 heavy (non-hydrogen) atoms. The molecule has 1 aliphatic heterocycles. The molecule has 1 aromatic carbocycles. The van der Waals surface area contributed by atoms with Crippen LogP contribution >= 0.6 is 0 Å². The van der Waals surface area contributed by atoms with Crippen molar-refractivity contribution in [1.82, 2.24) is 14.7 Å². The summed E-state index contributed by atoms with van der Waals surface area (Å²) in [6, 6.07) is 12.3. The number of nitrogens with zero attached hydrogens (tertiary/aromatic N) is 4. The van der Waals surface area contributed by atoms with E-state index in [2.05, 4.69) is 28.2 Å². The predicted octanol–water partition coefficient (Wildman–Crippen LogP) is 2.67. The minimum atomic E-state index is 0.624. The molecule has 0 radical (unpaired) electrons. The van der Waals surface area contributed by atoms with Crippen molar-refractivity contribution in [2.45, 2.75) is 25.3 Å². The Morgan fingerprint density at radius 1 is 1.29 bits per heavy atom. The van der Waals surface area contributed by atoms with Crippen LogP contribution in [0.2, 0.25) is 0 Å². The lowest BCUT2D eigenvalue weighted by Crippen LogP contribution is -2.33. The Morgan fingerprint density at radius 2 is 2.10 bits per heavy atom. The van der Waals surface area contributed by atoms with Crippen molar-refractivity contribution in [2.24, 2.45) is 7.05 Å². The molecule has 0 bridgehead atoms. The van der Waals surface area contributed by atoms with E-state index in [1.165, 1.54) is 24.1 Å². The fourth-order valence-electron chi connectivity index (χ4n) is 3.17. The molecule has 0 aliphatic carbocycles. The molecule has 1 aliphatic rings. The van der Waals surface area contributed by atoms with Gasteiger partial charge in [-0.1, -0.05) is 12.1 Å². The highest BCUT2D eigenvalue weighted by Gasteiger charge is 2.22. The quantitative estimate of drug-likeness (QED) is 0.868. The number of aryl methyl sites for hydroxylation is 1. The molecule has 1 aromatic heterocycles. The van der Waals surface area contributed by atoms with E-state index in [4.69, 9.17) is 5.26 Å². The number of nitriles is 1. The summed E-state index contributed by atoms with van der Waals surface area (Å²) < 4.78 is 2.00. The molecule has 3 rings (SSSR count). The van der Waals surface area contributed by atoms with Crippen molar-refractivity contribution in [1.29, 1.82) is 5.26 Å². The molecule has 2 aromatic rings. The molecular weight excluding hydrogens is 260 g/mol. The van der Waals surface area contributed by atoms with Crippen LogP contribution < -0.4 is 0 Å².